The van der Waals surface area contributed by atoms with Gasteiger partial charge in [0.1, 0.15) is 17.2 Å². The highest BCUT2D eigenvalue weighted by atomic mass is 19.1. The number of rotatable bonds is 4. The Labute approximate surface area is 158 Å². The highest BCUT2D eigenvalue weighted by Crippen LogP contribution is 2.32. The molecule has 0 radical (unpaired) electrons. The maximum Gasteiger partial charge on any atom is 0.275 e. The molecule has 4 heterocycles. The fraction of sp³-hybridized carbons (Fsp3) is 0.158. The fourth-order valence-electron chi connectivity index (χ4n) is 3.28. The molecule has 1 aliphatic heterocycles. The number of benzene rings is 1. The molecule has 4 aromatic rings. The van der Waals surface area contributed by atoms with E-state index in [9.17, 15) is 9.18 Å². The highest BCUT2D eigenvalue weighted by Gasteiger charge is 2.35. The minimum absolute atomic E-state index is 0.178. The summed E-state index contributed by atoms with van der Waals surface area (Å²) in [5.74, 6) is 0.381. The molecule has 1 atom stereocenters. The van der Waals surface area contributed by atoms with E-state index in [4.69, 9.17) is 8.94 Å². The Morgan fingerprint density at radius 2 is 2.11 bits per heavy atom. The monoisotopic (exact) mass is 379 g/mol. The van der Waals surface area contributed by atoms with Crippen molar-refractivity contribution in [3.05, 3.63) is 60.4 Å². The maximum atomic E-state index is 14.0. The second-order valence-electron chi connectivity index (χ2n) is 6.46. The molecule has 0 aliphatic carbocycles. The van der Waals surface area contributed by atoms with E-state index in [1.54, 1.807) is 42.7 Å². The third-order valence-corrected chi connectivity index (χ3v) is 4.66. The van der Waals surface area contributed by atoms with Gasteiger partial charge in [-0.25, -0.2) is 4.39 Å². The van der Waals surface area contributed by atoms with Crippen molar-refractivity contribution in [1.29, 1.82) is 0 Å². The molecule has 9 heteroatoms. The number of H-pyrrole nitrogens is 1. The molecule has 1 aliphatic rings. The van der Waals surface area contributed by atoms with Gasteiger partial charge in [-0.2, -0.15) is 10.1 Å². The summed E-state index contributed by atoms with van der Waals surface area (Å²) in [6.07, 6.45) is 1.75. The molecule has 140 valence electrons. The number of halogens is 1. The topological polar surface area (TPSA) is 101 Å². The van der Waals surface area contributed by atoms with Crippen LogP contribution in [-0.4, -0.2) is 32.8 Å². The average Bonchev–Trinajstić information content (AvgIpc) is 3.47. The van der Waals surface area contributed by atoms with Crippen molar-refractivity contribution >= 4 is 11.6 Å². The zero-order valence-electron chi connectivity index (χ0n) is 14.5. The third kappa shape index (κ3) is 2.77. The molecule has 1 fully saturated rings. The van der Waals surface area contributed by atoms with Crippen LogP contribution in [0.5, 0.6) is 0 Å². The van der Waals surface area contributed by atoms with E-state index in [0.717, 1.165) is 0 Å². The maximum absolute atomic E-state index is 14.0. The Morgan fingerprint density at radius 1 is 1.21 bits per heavy atom. The van der Waals surface area contributed by atoms with E-state index in [-0.39, 0.29) is 29.8 Å². The molecule has 1 N–H and O–H groups in total. The van der Waals surface area contributed by atoms with Crippen molar-refractivity contribution in [2.75, 3.05) is 11.4 Å². The van der Waals surface area contributed by atoms with Gasteiger partial charge in [-0.1, -0.05) is 17.3 Å². The standard InChI is InChI=1S/C19H14FN5O3/c20-12-4-1-2-5-15(12)25-10-11(8-17(25)26)18-21-19(28-24-18)14-9-13(22-23-14)16-6-3-7-27-16/h1-7,9,11H,8,10H2,(H,22,23). The third-order valence-electron chi connectivity index (χ3n) is 4.66. The molecule has 1 aromatic carbocycles. The van der Waals surface area contributed by atoms with Crippen LogP contribution in [0.1, 0.15) is 18.2 Å². The first-order valence-corrected chi connectivity index (χ1v) is 8.67. The molecule has 3 aromatic heterocycles. The summed E-state index contributed by atoms with van der Waals surface area (Å²) in [5, 5.41) is 11.0. The molecule has 5 rings (SSSR count). The lowest BCUT2D eigenvalue weighted by atomic mass is 10.1. The van der Waals surface area contributed by atoms with Crippen LogP contribution in [0.4, 0.5) is 10.1 Å². The van der Waals surface area contributed by atoms with E-state index < -0.39 is 5.82 Å². The number of aromatic amines is 1. The number of carbonyl (C=O) groups is 1. The Bertz CT molecular complexity index is 1130. The van der Waals surface area contributed by atoms with Crippen LogP contribution in [0.25, 0.3) is 23.0 Å². The number of nitrogens with one attached hydrogen (secondary N) is 1. The van der Waals surface area contributed by atoms with E-state index in [1.807, 2.05) is 0 Å². The average molecular weight is 379 g/mol. The normalized spacial score (nSPS) is 16.8. The predicted octanol–water partition coefficient (Wildman–Crippen LogP) is 3.38. The van der Waals surface area contributed by atoms with Crippen molar-refractivity contribution < 1.29 is 18.1 Å². The van der Waals surface area contributed by atoms with Crippen molar-refractivity contribution in [2.24, 2.45) is 0 Å². The molecular weight excluding hydrogens is 365 g/mol. The number of amides is 1. The number of hydrogen-bond donors (Lipinski definition) is 1. The number of anilines is 1. The summed E-state index contributed by atoms with van der Waals surface area (Å²) in [7, 11) is 0. The van der Waals surface area contributed by atoms with Gasteiger partial charge < -0.3 is 13.8 Å². The van der Waals surface area contributed by atoms with Gasteiger partial charge in [0, 0.05) is 24.9 Å². The first-order chi connectivity index (χ1) is 13.7. The largest absolute Gasteiger partial charge is 0.463 e. The number of aromatic nitrogens is 4. The van der Waals surface area contributed by atoms with Crippen molar-refractivity contribution in [2.45, 2.75) is 12.3 Å². The zero-order chi connectivity index (χ0) is 19.1. The van der Waals surface area contributed by atoms with Crippen LogP contribution < -0.4 is 4.90 Å². The van der Waals surface area contributed by atoms with Gasteiger partial charge in [-0.15, -0.1) is 0 Å². The van der Waals surface area contributed by atoms with Crippen molar-refractivity contribution in [3.63, 3.8) is 0 Å². The lowest BCUT2D eigenvalue weighted by Gasteiger charge is -2.16. The summed E-state index contributed by atoms with van der Waals surface area (Å²) in [6.45, 7) is 0.291. The van der Waals surface area contributed by atoms with Gasteiger partial charge >= 0.3 is 0 Å². The molecular formula is C19H14FN5O3. The quantitative estimate of drug-likeness (QED) is 0.583. The molecule has 0 bridgehead atoms. The van der Waals surface area contributed by atoms with Crippen LogP contribution in [0.15, 0.2) is 57.7 Å². The highest BCUT2D eigenvalue weighted by molar-refractivity contribution is 5.96. The van der Waals surface area contributed by atoms with Crippen LogP contribution in [0.2, 0.25) is 0 Å². The zero-order valence-corrected chi connectivity index (χ0v) is 14.5. The lowest BCUT2D eigenvalue weighted by Crippen LogP contribution is -2.25. The molecule has 1 amide bonds. The van der Waals surface area contributed by atoms with E-state index >= 15 is 0 Å². The molecule has 0 spiro atoms. The number of furan rings is 1. The second-order valence-corrected chi connectivity index (χ2v) is 6.46. The van der Waals surface area contributed by atoms with E-state index in [0.29, 0.717) is 29.5 Å². The lowest BCUT2D eigenvalue weighted by molar-refractivity contribution is -0.117. The number of carbonyl (C=O) groups excluding carboxylic acids is 1. The minimum Gasteiger partial charge on any atom is -0.463 e. The first-order valence-electron chi connectivity index (χ1n) is 8.67. The smallest absolute Gasteiger partial charge is 0.275 e. The van der Waals surface area contributed by atoms with Gasteiger partial charge in [0.25, 0.3) is 5.89 Å². The Kier molecular flexibility index (Phi) is 3.78. The first kappa shape index (κ1) is 16.4. The number of para-hydroxylation sites is 1. The second kappa shape index (κ2) is 6.45. The fourth-order valence-corrected chi connectivity index (χ4v) is 3.28. The number of nitrogens with zero attached hydrogens (tertiary/aromatic N) is 4. The van der Waals surface area contributed by atoms with Crippen molar-refractivity contribution in [1.82, 2.24) is 20.3 Å². The number of hydrogen-bond acceptors (Lipinski definition) is 6. The molecule has 0 saturated carbocycles. The Hall–Kier alpha value is -3.75. The summed E-state index contributed by atoms with van der Waals surface area (Å²) in [6, 6.07) is 11.5. The molecule has 1 unspecified atom stereocenters. The van der Waals surface area contributed by atoms with E-state index in [1.165, 1.54) is 11.0 Å². The van der Waals surface area contributed by atoms with Crippen molar-refractivity contribution in [3.8, 4) is 23.0 Å². The minimum atomic E-state index is -0.437. The van der Waals surface area contributed by atoms with Crippen LogP contribution in [-0.2, 0) is 4.79 Å². The van der Waals surface area contributed by atoms with Gasteiger partial charge in [0.2, 0.25) is 5.91 Å². The van der Waals surface area contributed by atoms with E-state index in [2.05, 4.69) is 20.3 Å². The van der Waals surface area contributed by atoms with Crippen LogP contribution >= 0.6 is 0 Å². The van der Waals surface area contributed by atoms with Gasteiger partial charge in [0.15, 0.2) is 11.6 Å². The summed E-state index contributed by atoms with van der Waals surface area (Å²) >= 11 is 0. The SMILES string of the molecule is O=C1CC(c2noc(-c3cc(-c4ccco4)n[nH]3)n2)CN1c1ccccc1F. The Morgan fingerprint density at radius 3 is 2.93 bits per heavy atom. The Balaban J connectivity index is 1.37. The predicted molar refractivity (Wildman–Crippen MR) is 95.7 cm³/mol. The molecule has 8 nitrogen and oxygen atoms in total. The molecule has 28 heavy (non-hydrogen) atoms. The van der Waals surface area contributed by atoms with Gasteiger partial charge in [0.05, 0.1) is 12.0 Å². The van der Waals surface area contributed by atoms with Crippen LogP contribution in [0.3, 0.4) is 0 Å². The van der Waals surface area contributed by atoms with Crippen LogP contribution in [0, 0.1) is 5.82 Å². The van der Waals surface area contributed by atoms with Gasteiger partial charge in [-0.05, 0) is 24.3 Å². The summed E-state index contributed by atoms with van der Waals surface area (Å²) < 4.78 is 24.7. The molecule has 1 saturated heterocycles. The summed E-state index contributed by atoms with van der Waals surface area (Å²) in [5.41, 5.74) is 1.41. The van der Waals surface area contributed by atoms with Gasteiger partial charge in [-0.3, -0.25) is 9.89 Å². The summed E-state index contributed by atoms with van der Waals surface area (Å²) in [4.78, 5) is 18.2.